The molecule has 0 aliphatic carbocycles. The van der Waals surface area contributed by atoms with Gasteiger partial charge in [0.15, 0.2) is 6.61 Å². The molecule has 0 heterocycles. The number of rotatable bonds is 8. The van der Waals surface area contributed by atoms with E-state index in [1.54, 1.807) is 36.4 Å². The Morgan fingerprint density at radius 2 is 1.80 bits per heavy atom. The van der Waals surface area contributed by atoms with E-state index in [1.807, 2.05) is 11.8 Å². The lowest BCUT2D eigenvalue weighted by molar-refractivity contribution is -0.123. The number of benzene rings is 2. The van der Waals surface area contributed by atoms with E-state index < -0.39 is 15.9 Å². The highest BCUT2D eigenvalue weighted by molar-refractivity contribution is 7.89. The van der Waals surface area contributed by atoms with Gasteiger partial charge in [-0.1, -0.05) is 49.2 Å². The standard InChI is InChI=1S/C17H19ClN2O4S/c1-2-5-13-8-10-14(11-9-13)25(22,23)20-19-17(21)12-24-16-7-4-3-6-15(16)18/h3-4,6-11,20H,2,5,12H2,1H3,(H,19,21). The molecule has 0 aliphatic rings. The molecule has 0 radical (unpaired) electrons. The van der Waals surface area contributed by atoms with Gasteiger partial charge in [-0.25, -0.2) is 8.42 Å². The van der Waals surface area contributed by atoms with Gasteiger partial charge < -0.3 is 4.74 Å². The molecule has 0 saturated carbocycles. The van der Waals surface area contributed by atoms with E-state index >= 15 is 0 Å². The van der Waals surface area contributed by atoms with Crippen LogP contribution in [0.2, 0.25) is 5.02 Å². The smallest absolute Gasteiger partial charge is 0.272 e. The van der Waals surface area contributed by atoms with Gasteiger partial charge in [0, 0.05) is 0 Å². The van der Waals surface area contributed by atoms with Crippen molar-refractivity contribution in [2.24, 2.45) is 0 Å². The number of para-hydroxylation sites is 1. The fourth-order valence-corrected chi connectivity index (χ4v) is 3.10. The second-order valence-corrected chi connectivity index (χ2v) is 7.36. The quantitative estimate of drug-likeness (QED) is 0.687. The summed E-state index contributed by atoms with van der Waals surface area (Å²) in [6.07, 6.45) is 1.86. The highest BCUT2D eigenvalue weighted by atomic mass is 35.5. The molecular formula is C17H19ClN2O4S. The minimum Gasteiger partial charge on any atom is -0.482 e. The number of hydrogen-bond donors (Lipinski definition) is 2. The topological polar surface area (TPSA) is 84.5 Å². The number of halogens is 1. The predicted octanol–water partition coefficient (Wildman–Crippen LogP) is 2.68. The van der Waals surface area contributed by atoms with Crippen LogP contribution < -0.4 is 15.0 Å². The zero-order chi connectivity index (χ0) is 18.3. The van der Waals surface area contributed by atoms with Crippen molar-refractivity contribution in [3.8, 4) is 5.75 Å². The third kappa shape index (κ3) is 5.74. The number of carbonyl (C=O) groups is 1. The van der Waals surface area contributed by atoms with E-state index in [4.69, 9.17) is 16.3 Å². The van der Waals surface area contributed by atoms with Crippen LogP contribution in [0.5, 0.6) is 5.75 Å². The van der Waals surface area contributed by atoms with Crippen LogP contribution in [0.25, 0.3) is 0 Å². The Labute approximate surface area is 152 Å². The number of sulfonamides is 1. The number of ether oxygens (including phenoxy) is 1. The van der Waals surface area contributed by atoms with Crippen molar-refractivity contribution in [2.45, 2.75) is 24.7 Å². The molecule has 0 saturated heterocycles. The van der Waals surface area contributed by atoms with Crippen molar-refractivity contribution in [1.82, 2.24) is 10.3 Å². The first-order chi connectivity index (χ1) is 11.9. The molecule has 0 aliphatic heterocycles. The van der Waals surface area contributed by atoms with E-state index in [9.17, 15) is 13.2 Å². The first-order valence-electron chi connectivity index (χ1n) is 7.69. The third-order valence-electron chi connectivity index (χ3n) is 3.29. The molecule has 0 atom stereocenters. The summed E-state index contributed by atoms with van der Waals surface area (Å²) < 4.78 is 29.5. The van der Waals surface area contributed by atoms with E-state index in [0.717, 1.165) is 18.4 Å². The molecule has 0 aromatic heterocycles. The first kappa shape index (κ1) is 19.2. The molecule has 2 aromatic rings. The van der Waals surface area contributed by atoms with Crippen LogP contribution in [0, 0.1) is 0 Å². The van der Waals surface area contributed by atoms with Crippen LogP contribution in [-0.2, 0) is 21.2 Å². The summed E-state index contributed by atoms with van der Waals surface area (Å²) >= 11 is 5.90. The fraction of sp³-hybridized carbons (Fsp3) is 0.235. The molecular weight excluding hydrogens is 364 g/mol. The summed E-state index contributed by atoms with van der Waals surface area (Å²) in [7, 11) is -3.84. The molecule has 2 aromatic carbocycles. The summed E-state index contributed by atoms with van der Waals surface area (Å²) in [6, 6.07) is 13.2. The number of carbonyl (C=O) groups excluding carboxylic acids is 1. The zero-order valence-electron chi connectivity index (χ0n) is 13.7. The molecule has 1 amide bonds. The van der Waals surface area contributed by atoms with Crippen LogP contribution in [0.1, 0.15) is 18.9 Å². The lowest BCUT2D eigenvalue weighted by Gasteiger charge is -2.10. The second kappa shape index (κ2) is 8.84. The van der Waals surface area contributed by atoms with Crippen molar-refractivity contribution < 1.29 is 17.9 Å². The molecule has 2 N–H and O–H groups in total. The Balaban J connectivity index is 1.88. The molecule has 0 spiro atoms. The average molecular weight is 383 g/mol. The van der Waals surface area contributed by atoms with Gasteiger partial charge in [-0.3, -0.25) is 10.2 Å². The monoisotopic (exact) mass is 382 g/mol. The van der Waals surface area contributed by atoms with E-state index in [2.05, 4.69) is 5.43 Å². The summed E-state index contributed by atoms with van der Waals surface area (Å²) in [6.45, 7) is 1.67. The van der Waals surface area contributed by atoms with Crippen molar-refractivity contribution >= 4 is 27.5 Å². The average Bonchev–Trinajstić information content (AvgIpc) is 2.60. The normalized spacial score (nSPS) is 11.1. The minimum atomic E-state index is -3.84. The van der Waals surface area contributed by atoms with Crippen molar-refractivity contribution in [1.29, 1.82) is 0 Å². The lowest BCUT2D eigenvalue weighted by Crippen LogP contribution is -2.43. The van der Waals surface area contributed by atoms with Crippen molar-refractivity contribution in [3.05, 3.63) is 59.1 Å². The largest absolute Gasteiger partial charge is 0.482 e. The maximum atomic E-state index is 12.1. The summed E-state index contributed by atoms with van der Waals surface area (Å²) in [5.74, 6) is -0.306. The van der Waals surface area contributed by atoms with Gasteiger partial charge in [-0.2, -0.15) is 0 Å². The van der Waals surface area contributed by atoms with Crippen LogP contribution in [0.3, 0.4) is 0 Å². The Kier molecular flexibility index (Phi) is 6.81. The highest BCUT2D eigenvalue weighted by Crippen LogP contribution is 2.22. The van der Waals surface area contributed by atoms with Gasteiger partial charge in [-0.15, -0.1) is 4.83 Å². The molecule has 0 bridgehead atoms. The molecule has 8 heteroatoms. The van der Waals surface area contributed by atoms with Crippen LogP contribution >= 0.6 is 11.6 Å². The summed E-state index contributed by atoms with van der Waals surface area (Å²) in [4.78, 5) is 13.8. The van der Waals surface area contributed by atoms with Crippen LogP contribution in [0.15, 0.2) is 53.4 Å². The SMILES string of the molecule is CCCc1ccc(S(=O)(=O)NNC(=O)COc2ccccc2Cl)cc1. The molecule has 0 unspecified atom stereocenters. The number of hydrogen-bond acceptors (Lipinski definition) is 4. The van der Waals surface area contributed by atoms with Gasteiger partial charge in [0.25, 0.3) is 15.9 Å². The van der Waals surface area contributed by atoms with Gasteiger partial charge in [0.05, 0.1) is 9.92 Å². The number of hydrazine groups is 1. The van der Waals surface area contributed by atoms with Crippen molar-refractivity contribution in [3.63, 3.8) is 0 Å². The van der Waals surface area contributed by atoms with E-state index in [-0.39, 0.29) is 11.5 Å². The van der Waals surface area contributed by atoms with Gasteiger partial charge in [0.2, 0.25) is 0 Å². The van der Waals surface area contributed by atoms with Gasteiger partial charge in [-0.05, 0) is 36.2 Å². The second-order valence-electron chi connectivity index (χ2n) is 5.27. The molecule has 2 rings (SSSR count). The predicted molar refractivity (Wildman–Crippen MR) is 95.8 cm³/mol. The Hall–Kier alpha value is -2.09. The van der Waals surface area contributed by atoms with Gasteiger partial charge >= 0.3 is 0 Å². The highest BCUT2D eigenvalue weighted by Gasteiger charge is 2.15. The molecule has 25 heavy (non-hydrogen) atoms. The number of aryl methyl sites for hydroxylation is 1. The molecule has 0 fully saturated rings. The van der Waals surface area contributed by atoms with Crippen molar-refractivity contribution in [2.75, 3.05) is 6.61 Å². The molecule has 6 nitrogen and oxygen atoms in total. The summed E-state index contributed by atoms with van der Waals surface area (Å²) in [5, 5.41) is 0.364. The van der Waals surface area contributed by atoms with Crippen LogP contribution in [-0.4, -0.2) is 20.9 Å². The third-order valence-corrected chi connectivity index (χ3v) is 4.87. The maximum absolute atomic E-state index is 12.1. The zero-order valence-corrected chi connectivity index (χ0v) is 15.2. The Bertz CT molecular complexity index is 823. The van der Waals surface area contributed by atoms with E-state index in [1.165, 1.54) is 12.1 Å². The minimum absolute atomic E-state index is 0.0691. The number of amides is 1. The fourth-order valence-electron chi connectivity index (χ4n) is 2.05. The lowest BCUT2D eigenvalue weighted by atomic mass is 10.1. The maximum Gasteiger partial charge on any atom is 0.272 e. The summed E-state index contributed by atoms with van der Waals surface area (Å²) in [5.41, 5.74) is 3.16. The number of nitrogens with one attached hydrogen (secondary N) is 2. The van der Waals surface area contributed by atoms with Gasteiger partial charge in [0.1, 0.15) is 5.75 Å². The Morgan fingerprint density at radius 1 is 1.12 bits per heavy atom. The first-order valence-corrected chi connectivity index (χ1v) is 9.55. The molecule has 134 valence electrons. The Morgan fingerprint density at radius 3 is 2.44 bits per heavy atom. The van der Waals surface area contributed by atoms with Crippen LogP contribution in [0.4, 0.5) is 0 Å². The van der Waals surface area contributed by atoms with E-state index in [0.29, 0.717) is 10.8 Å².